The van der Waals surface area contributed by atoms with Crippen molar-refractivity contribution >= 4 is 21.4 Å². The normalized spacial score (nSPS) is 24.2. The summed E-state index contributed by atoms with van der Waals surface area (Å²) in [6.45, 7) is 3.75. The number of aliphatic hydroxyl groups is 1. The average Bonchev–Trinajstić information content (AvgIpc) is 2.79. The molecule has 1 aromatic rings. The van der Waals surface area contributed by atoms with Crippen LogP contribution in [0, 0.1) is 12.8 Å². The van der Waals surface area contributed by atoms with Gasteiger partial charge < -0.3 is 5.11 Å². The predicted octanol–water partition coefficient (Wildman–Crippen LogP) is 2.75. The van der Waals surface area contributed by atoms with Gasteiger partial charge in [-0.2, -0.15) is 4.31 Å². The Labute approximate surface area is 125 Å². The molecule has 0 bridgehead atoms. The first-order valence-electron chi connectivity index (χ1n) is 7.03. The Kier molecular flexibility index (Phi) is 4.89. The van der Waals surface area contributed by atoms with Crippen molar-refractivity contribution in [3.8, 4) is 0 Å². The molecule has 1 aliphatic rings. The Balaban J connectivity index is 2.31. The fraction of sp³-hybridized carbons (Fsp3) is 0.714. The van der Waals surface area contributed by atoms with Crippen molar-refractivity contribution in [2.75, 3.05) is 7.05 Å². The van der Waals surface area contributed by atoms with Crippen molar-refractivity contribution in [3.05, 3.63) is 15.8 Å². The molecule has 1 fully saturated rings. The maximum atomic E-state index is 12.8. The Hall–Kier alpha value is -0.430. The van der Waals surface area contributed by atoms with E-state index in [1.54, 1.807) is 19.4 Å². The monoisotopic (exact) mass is 317 g/mol. The predicted molar refractivity (Wildman–Crippen MR) is 81.3 cm³/mol. The summed E-state index contributed by atoms with van der Waals surface area (Å²) in [6.07, 6.45) is 4.12. The molecule has 2 unspecified atom stereocenters. The van der Waals surface area contributed by atoms with Gasteiger partial charge in [-0.25, -0.2) is 8.42 Å². The summed E-state index contributed by atoms with van der Waals surface area (Å²) in [7, 11) is -1.83. The standard InChI is InChI=1S/C14H23NO3S2/c1-10-5-4-6-12(7-10)15(3)20(17,18)14-11(2)9-19-13(14)8-16/h9-10,12,16H,4-8H2,1-3H3. The van der Waals surface area contributed by atoms with Crippen molar-refractivity contribution in [2.24, 2.45) is 5.92 Å². The highest BCUT2D eigenvalue weighted by molar-refractivity contribution is 7.89. The van der Waals surface area contributed by atoms with Crippen LogP contribution in [0.4, 0.5) is 0 Å². The molecule has 1 aromatic heterocycles. The molecular formula is C14H23NO3S2. The molecule has 2 atom stereocenters. The zero-order valence-corrected chi connectivity index (χ0v) is 13.9. The second-order valence-corrected chi connectivity index (χ2v) is 8.67. The van der Waals surface area contributed by atoms with Gasteiger partial charge in [0.05, 0.1) is 11.5 Å². The van der Waals surface area contributed by atoms with E-state index in [0.29, 0.717) is 15.7 Å². The maximum absolute atomic E-state index is 12.8. The van der Waals surface area contributed by atoms with Gasteiger partial charge in [-0.3, -0.25) is 0 Å². The zero-order valence-electron chi connectivity index (χ0n) is 12.3. The van der Waals surface area contributed by atoms with Crippen LogP contribution in [0.5, 0.6) is 0 Å². The lowest BCUT2D eigenvalue weighted by atomic mass is 9.87. The molecule has 1 aliphatic carbocycles. The van der Waals surface area contributed by atoms with Crippen LogP contribution in [-0.4, -0.2) is 30.9 Å². The Morgan fingerprint density at radius 1 is 1.45 bits per heavy atom. The van der Waals surface area contributed by atoms with Gasteiger partial charge in [0.25, 0.3) is 0 Å². The van der Waals surface area contributed by atoms with Gasteiger partial charge in [-0.15, -0.1) is 11.3 Å². The van der Waals surface area contributed by atoms with Gasteiger partial charge in [0.15, 0.2) is 0 Å². The van der Waals surface area contributed by atoms with E-state index in [4.69, 9.17) is 0 Å². The van der Waals surface area contributed by atoms with Gasteiger partial charge in [0.1, 0.15) is 4.90 Å². The summed E-state index contributed by atoms with van der Waals surface area (Å²) in [6, 6.07) is 0.0783. The summed E-state index contributed by atoms with van der Waals surface area (Å²) in [4.78, 5) is 0.851. The summed E-state index contributed by atoms with van der Waals surface area (Å²) in [5.74, 6) is 0.576. The number of rotatable bonds is 4. The fourth-order valence-electron chi connectivity index (χ4n) is 3.02. The number of thiophene rings is 1. The molecule has 0 saturated heterocycles. The van der Waals surface area contributed by atoms with E-state index in [1.807, 2.05) is 0 Å². The van der Waals surface area contributed by atoms with Crippen molar-refractivity contribution in [1.82, 2.24) is 4.31 Å². The van der Waals surface area contributed by atoms with E-state index in [1.165, 1.54) is 22.1 Å². The SMILES string of the molecule is Cc1csc(CO)c1S(=O)(=O)N(C)C1CCCC(C)C1. The van der Waals surface area contributed by atoms with E-state index in [9.17, 15) is 13.5 Å². The number of aliphatic hydroxyl groups excluding tert-OH is 1. The molecule has 114 valence electrons. The van der Waals surface area contributed by atoms with Crippen LogP contribution in [0.15, 0.2) is 10.3 Å². The average molecular weight is 317 g/mol. The topological polar surface area (TPSA) is 57.6 Å². The number of hydrogen-bond donors (Lipinski definition) is 1. The van der Waals surface area contributed by atoms with Crippen LogP contribution >= 0.6 is 11.3 Å². The van der Waals surface area contributed by atoms with Crippen LogP contribution in [0.1, 0.15) is 43.0 Å². The van der Waals surface area contributed by atoms with Crippen LogP contribution < -0.4 is 0 Å². The van der Waals surface area contributed by atoms with E-state index in [-0.39, 0.29) is 12.6 Å². The lowest BCUT2D eigenvalue weighted by Gasteiger charge is -2.33. The number of aryl methyl sites for hydroxylation is 1. The van der Waals surface area contributed by atoms with E-state index >= 15 is 0 Å². The lowest BCUT2D eigenvalue weighted by Crippen LogP contribution is -2.40. The Morgan fingerprint density at radius 3 is 2.75 bits per heavy atom. The van der Waals surface area contributed by atoms with Gasteiger partial charge in [-0.05, 0) is 36.6 Å². The fourth-order valence-corrected chi connectivity index (χ4v) is 6.02. The minimum absolute atomic E-state index is 0.0783. The van der Waals surface area contributed by atoms with Crippen molar-refractivity contribution in [3.63, 3.8) is 0 Å². The minimum atomic E-state index is -3.51. The van der Waals surface area contributed by atoms with E-state index in [2.05, 4.69) is 6.92 Å². The third kappa shape index (κ3) is 2.93. The highest BCUT2D eigenvalue weighted by Gasteiger charge is 2.33. The van der Waals surface area contributed by atoms with Crippen molar-refractivity contribution in [2.45, 2.75) is 57.1 Å². The van der Waals surface area contributed by atoms with Crippen molar-refractivity contribution in [1.29, 1.82) is 0 Å². The summed E-state index contributed by atoms with van der Waals surface area (Å²) < 4.78 is 27.2. The molecule has 0 amide bonds. The van der Waals surface area contributed by atoms with Crippen LogP contribution in [0.2, 0.25) is 0 Å². The largest absolute Gasteiger partial charge is 0.391 e. The van der Waals surface area contributed by atoms with Crippen LogP contribution in [-0.2, 0) is 16.6 Å². The second kappa shape index (κ2) is 6.13. The quantitative estimate of drug-likeness (QED) is 0.929. The molecule has 6 heteroatoms. The molecule has 0 aromatic carbocycles. The van der Waals surface area contributed by atoms with Crippen LogP contribution in [0.25, 0.3) is 0 Å². The second-order valence-electron chi connectivity index (χ2n) is 5.78. The highest BCUT2D eigenvalue weighted by Crippen LogP contribution is 2.33. The lowest BCUT2D eigenvalue weighted by molar-refractivity contribution is 0.238. The van der Waals surface area contributed by atoms with Crippen LogP contribution in [0.3, 0.4) is 0 Å². The molecule has 1 N–H and O–H groups in total. The molecule has 4 nitrogen and oxygen atoms in total. The molecule has 0 spiro atoms. The number of sulfonamides is 1. The van der Waals surface area contributed by atoms with Gasteiger partial charge in [0, 0.05) is 13.1 Å². The first-order valence-corrected chi connectivity index (χ1v) is 9.35. The number of hydrogen-bond acceptors (Lipinski definition) is 4. The smallest absolute Gasteiger partial charge is 0.244 e. The van der Waals surface area contributed by atoms with E-state index in [0.717, 1.165) is 24.8 Å². The molecule has 2 rings (SSSR count). The third-order valence-corrected chi connectivity index (χ3v) is 7.55. The molecular weight excluding hydrogens is 294 g/mol. The Bertz CT molecular complexity index is 565. The Morgan fingerprint density at radius 2 is 2.15 bits per heavy atom. The third-order valence-electron chi connectivity index (χ3n) is 4.19. The van der Waals surface area contributed by atoms with Gasteiger partial charge in [-0.1, -0.05) is 19.8 Å². The highest BCUT2D eigenvalue weighted by atomic mass is 32.2. The van der Waals surface area contributed by atoms with Gasteiger partial charge >= 0.3 is 0 Å². The van der Waals surface area contributed by atoms with Gasteiger partial charge in [0.2, 0.25) is 10.0 Å². The first kappa shape index (κ1) is 15.9. The molecule has 0 radical (unpaired) electrons. The first-order chi connectivity index (χ1) is 9.37. The summed E-state index contributed by atoms with van der Waals surface area (Å²) >= 11 is 1.31. The minimum Gasteiger partial charge on any atom is -0.391 e. The molecule has 1 heterocycles. The molecule has 1 saturated carbocycles. The maximum Gasteiger partial charge on any atom is 0.244 e. The number of nitrogens with zero attached hydrogens (tertiary/aromatic N) is 1. The van der Waals surface area contributed by atoms with E-state index < -0.39 is 10.0 Å². The molecule has 20 heavy (non-hydrogen) atoms. The molecule has 0 aliphatic heterocycles. The summed E-state index contributed by atoms with van der Waals surface area (Å²) in [5, 5.41) is 11.2. The summed E-state index contributed by atoms with van der Waals surface area (Å²) in [5.41, 5.74) is 0.731. The van der Waals surface area contributed by atoms with Crippen molar-refractivity contribution < 1.29 is 13.5 Å². The zero-order chi connectivity index (χ0) is 14.9.